The number of amides is 2. The number of likely N-dealkylation sites (tertiary alicyclic amines) is 1. The van der Waals surface area contributed by atoms with Gasteiger partial charge in [0.2, 0.25) is 5.95 Å². The van der Waals surface area contributed by atoms with E-state index in [1.54, 1.807) is 41.8 Å². The fourth-order valence-corrected chi connectivity index (χ4v) is 3.81. The summed E-state index contributed by atoms with van der Waals surface area (Å²) < 4.78 is 0. The van der Waals surface area contributed by atoms with E-state index in [-0.39, 0.29) is 11.8 Å². The molecule has 0 spiro atoms. The number of hydrogen-bond donors (Lipinski definition) is 0. The van der Waals surface area contributed by atoms with E-state index in [1.165, 1.54) is 0 Å². The molecule has 2 aliphatic heterocycles. The molecule has 8 nitrogen and oxygen atoms in total. The van der Waals surface area contributed by atoms with Gasteiger partial charge in [-0.25, -0.2) is 9.97 Å². The fourth-order valence-electron chi connectivity index (χ4n) is 3.81. The number of piperidine rings is 1. The molecular weight excluding hydrogens is 368 g/mol. The van der Waals surface area contributed by atoms with E-state index in [0.29, 0.717) is 49.2 Å². The number of rotatable bonds is 3. The molecule has 4 heterocycles. The summed E-state index contributed by atoms with van der Waals surface area (Å²) in [6.07, 6.45) is 8.58. The largest absolute Gasteiger partial charge is 0.339 e. The molecule has 0 aromatic carbocycles. The summed E-state index contributed by atoms with van der Waals surface area (Å²) in [5, 5.41) is 0. The Labute approximate surface area is 170 Å². The summed E-state index contributed by atoms with van der Waals surface area (Å²) in [6, 6.07) is 3.47. The van der Waals surface area contributed by atoms with Crippen LogP contribution in [0.2, 0.25) is 0 Å². The van der Waals surface area contributed by atoms with Gasteiger partial charge in [-0.1, -0.05) is 6.92 Å². The average Bonchev–Trinajstić information content (AvgIpc) is 2.79. The number of piperazine rings is 1. The highest BCUT2D eigenvalue weighted by molar-refractivity contribution is 5.99. The number of nitrogens with zero attached hydrogens (tertiary/aromatic N) is 6. The van der Waals surface area contributed by atoms with Crippen molar-refractivity contribution in [3.05, 3.63) is 48.0 Å². The van der Waals surface area contributed by atoms with Gasteiger partial charge >= 0.3 is 0 Å². The molecule has 0 unspecified atom stereocenters. The van der Waals surface area contributed by atoms with Crippen LogP contribution in [0.25, 0.3) is 0 Å². The van der Waals surface area contributed by atoms with Gasteiger partial charge in [-0.05, 0) is 30.9 Å². The summed E-state index contributed by atoms with van der Waals surface area (Å²) in [5.74, 6) is 1.22. The predicted octanol–water partition coefficient (Wildman–Crippen LogP) is 1.71. The van der Waals surface area contributed by atoms with Crippen molar-refractivity contribution in [2.24, 2.45) is 5.92 Å². The standard InChI is InChI=1S/C21H26N6O2/c1-16-3-7-25(8-4-16)19(28)17-13-18(15-22-14-17)20(29)26-9-11-27(12-10-26)21-23-5-2-6-24-21/h2,5-6,13-16H,3-4,7-12H2,1H3. The van der Waals surface area contributed by atoms with Crippen LogP contribution in [0.5, 0.6) is 0 Å². The lowest BCUT2D eigenvalue weighted by molar-refractivity contribution is 0.0696. The van der Waals surface area contributed by atoms with E-state index < -0.39 is 0 Å². The van der Waals surface area contributed by atoms with Crippen LogP contribution in [0.1, 0.15) is 40.5 Å². The van der Waals surface area contributed by atoms with Crippen LogP contribution < -0.4 is 4.90 Å². The van der Waals surface area contributed by atoms with Gasteiger partial charge < -0.3 is 14.7 Å². The second kappa shape index (κ2) is 8.55. The van der Waals surface area contributed by atoms with Gasteiger partial charge in [-0.15, -0.1) is 0 Å². The Bertz CT molecular complexity index is 858. The molecule has 2 aromatic heterocycles. The molecule has 0 aliphatic carbocycles. The van der Waals surface area contributed by atoms with Gasteiger partial charge in [-0.3, -0.25) is 14.6 Å². The third kappa shape index (κ3) is 4.36. The van der Waals surface area contributed by atoms with E-state index in [4.69, 9.17) is 0 Å². The third-order valence-corrected chi connectivity index (χ3v) is 5.70. The number of carbonyl (C=O) groups is 2. The molecule has 29 heavy (non-hydrogen) atoms. The molecule has 2 saturated heterocycles. The molecule has 2 amide bonds. The van der Waals surface area contributed by atoms with Crippen molar-refractivity contribution >= 4 is 17.8 Å². The van der Waals surface area contributed by atoms with E-state index >= 15 is 0 Å². The van der Waals surface area contributed by atoms with E-state index in [2.05, 4.69) is 26.8 Å². The van der Waals surface area contributed by atoms with Gasteiger partial charge in [0, 0.05) is 64.1 Å². The first-order valence-electron chi connectivity index (χ1n) is 10.2. The topological polar surface area (TPSA) is 82.5 Å². The average molecular weight is 394 g/mol. The summed E-state index contributed by atoms with van der Waals surface area (Å²) in [5.41, 5.74) is 0.951. The Morgan fingerprint density at radius 2 is 1.41 bits per heavy atom. The zero-order valence-electron chi connectivity index (χ0n) is 16.7. The van der Waals surface area contributed by atoms with Crippen molar-refractivity contribution in [2.45, 2.75) is 19.8 Å². The first-order valence-corrected chi connectivity index (χ1v) is 10.2. The second-order valence-corrected chi connectivity index (χ2v) is 7.77. The highest BCUT2D eigenvalue weighted by atomic mass is 16.2. The Morgan fingerprint density at radius 3 is 2.00 bits per heavy atom. The monoisotopic (exact) mass is 394 g/mol. The van der Waals surface area contributed by atoms with E-state index in [1.807, 2.05) is 4.90 Å². The molecule has 2 fully saturated rings. The molecule has 0 bridgehead atoms. The second-order valence-electron chi connectivity index (χ2n) is 7.77. The van der Waals surface area contributed by atoms with E-state index in [0.717, 1.165) is 25.9 Å². The maximum Gasteiger partial charge on any atom is 0.255 e. The van der Waals surface area contributed by atoms with Crippen molar-refractivity contribution in [1.29, 1.82) is 0 Å². The Kier molecular flexibility index (Phi) is 5.69. The van der Waals surface area contributed by atoms with Crippen LogP contribution in [0.15, 0.2) is 36.9 Å². The van der Waals surface area contributed by atoms with Crippen LogP contribution in [-0.2, 0) is 0 Å². The minimum atomic E-state index is -0.0898. The molecule has 0 atom stereocenters. The molecule has 4 rings (SSSR count). The summed E-state index contributed by atoms with van der Waals surface area (Å²) >= 11 is 0. The third-order valence-electron chi connectivity index (χ3n) is 5.70. The van der Waals surface area contributed by atoms with Crippen LogP contribution in [0.3, 0.4) is 0 Å². The lowest BCUT2D eigenvalue weighted by atomic mass is 9.98. The lowest BCUT2D eigenvalue weighted by Gasteiger charge is -2.34. The predicted molar refractivity (Wildman–Crippen MR) is 109 cm³/mol. The van der Waals surface area contributed by atoms with Gasteiger partial charge in [0.15, 0.2) is 0 Å². The molecule has 152 valence electrons. The molecule has 0 N–H and O–H groups in total. The van der Waals surface area contributed by atoms with Gasteiger partial charge in [0.05, 0.1) is 11.1 Å². The van der Waals surface area contributed by atoms with Crippen molar-refractivity contribution in [1.82, 2.24) is 24.8 Å². The number of pyridine rings is 1. The number of anilines is 1. The fraction of sp³-hybridized carbons (Fsp3) is 0.476. The van der Waals surface area contributed by atoms with Crippen LogP contribution in [0.4, 0.5) is 5.95 Å². The quantitative estimate of drug-likeness (QED) is 0.788. The molecule has 0 radical (unpaired) electrons. The highest BCUT2D eigenvalue weighted by Gasteiger charge is 2.26. The smallest absolute Gasteiger partial charge is 0.255 e. The number of hydrogen-bond acceptors (Lipinski definition) is 6. The maximum absolute atomic E-state index is 12.9. The molecule has 8 heteroatoms. The van der Waals surface area contributed by atoms with E-state index in [9.17, 15) is 9.59 Å². The van der Waals surface area contributed by atoms with Crippen LogP contribution in [0, 0.1) is 5.92 Å². The normalized spacial score (nSPS) is 18.0. The van der Waals surface area contributed by atoms with Gasteiger partial charge in [-0.2, -0.15) is 0 Å². The Balaban J connectivity index is 1.39. The van der Waals surface area contributed by atoms with Crippen molar-refractivity contribution in [3.63, 3.8) is 0 Å². The van der Waals surface area contributed by atoms with Crippen molar-refractivity contribution < 1.29 is 9.59 Å². The SMILES string of the molecule is CC1CCN(C(=O)c2cncc(C(=O)N3CCN(c4ncccn4)CC3)c2)CC1. The molecule has 2 aliphatic rings. The zero-order chi connectivity index (χ0) is 20.2. The maximum atomic E-state index is 12.9. The first-order chi connectivity index (χ1) is 14.1. The summed E-state index contributed by atoms with van der Waals surface area (Å²) in [7, 11) is 0. The van der Waals surface area contributed by atoms with Crippen molar-refractivity contribution in [3.8, 4) is 0 Å². The van der Waals surface area contributed by atoms with Crippen LogP contribution >= 0.6 is 0 Å². The molecule has 0 saturated carbocycles. The Morgan fingerprint density at radius 1 is 0.862 bits per heavy atom. The first kappa shape index (κ1) is 19.3. The molecular formula is C21H26N6O2. The molecule has 2 aromatic rings. The number of carbonyl (C=O) groups excluding carboxylic acids is 2. The zero-order valence-corrected chi connectivity index (χ0v) is 16.7. The number of aromatic nitrogens is 3. The highest BCUT2D eigenvalue weighted by Crippen LogP contribution is 2.19. The minimum Gasteiger partial charge on any atom is -0.339 e. The summed E-state index contributed by atoms with van der Waals surface area (Å²) in [4.78, 5) is 44.2. The van der Waals surface area contributed by atoms with Gasteiger partial charge in [0.25, 0.3) is 11.8 Å². The summed E-state index contributed by atoms with van der Waals surface area (Å²) in [6.45, 7) is 6.26. The van der Waals surface area contributed by atoms with Crippen LogP contribution in [-0.4, -0.2) is 75.8 Å². The van der Waals surface area contributed by atoms with Gasteiger partial charge in [0.1, 0.15) is 0 Å². The lowest BCUT2D eigenvalue weighted by Crippen LogP contribution is -2.49. The minimum absolute atomic E-state index is 0.0369. The van der Waals surface area contributed by atoms with Crippen molar-refractivity contribution in [2.75, 3.05) is 44.2 Å². The Hall–Kier alpha value is -3.03.